The molecule has 2 aromatic heterocycles. The summed E-state index contributed by atoms with van der Waals surface area (Å²) in [6.45, 7) is 0. The van der Waals surface area contributed by atoms with Crippen LogP contribution in [0.3, 0.4) is 0 Å². The van der Waals surface area contributed by atoms with Gasteiger partial charge in [0, 0.05) is 5.56 Å². The molecule has 0 aliphatic rings. The van der Waals surface area contributed by atoms with Crippen LogP contribution < -0.4 is 0 Å². The molecule has 0 aliphatic heterocycles. The van der Waals surface area contributed by atoms with Crippen LogP contribution in [0.2, 0.25) is 0 Å². The second kappa shape index (κ2) is 4.73. The summed E-state index contributed by atoms with van der Waals surface area (Å²) in [7, 11) is 0. The zero-order chi connectivity index (χ0) is 13.2. The van der Waals surface area contributed by atoms with Crippen LogP contribution in [-0.4, -0.2) is 35.6 Å². The maximum atomic E-state index is 12.2. The molecule has 0 amide bonds. The molecular formula is C11H7BrN6O. The van der Waals surface area contributed by atoms with Crippen LogP contribution in [0.4, 0.5) is 4.79 Å². The number of rotatable bonds is 1. The van der Waals surface area contributed by atoms with Crippen molar-refractivity contribution in [3.05, 3.63) is 47.7 Å². The fourth-order valence-corrected chi connectivity index (χ4v) is 1.93. The third-order valence-corrected chi connectivity index (χ3v) is 2.75. The summed E-state index contributed by atoms with van der Waals surface area (Å²) in [5.74, 6) is 0.438. The number of carbonyl (C=O) groups excluding carboxylic acids is 1. The van der Waals surface area contributed by atoms with Gasteiger partial charge in [0.05, 0.1) is 0 Å². The average Bonchev–Trinajstić information content (AvgIpc) is 3.08. The monoisotopic (exact) mass is 318 g/mol. The fraction of sp³-hybridized carbons (Fsp3) is 0. The van der Waals surface area contributed by atoms with Crippen molar-refractivity contribution in [1.29, 1.82) is 0 Å². The Balaban J connectivity index is 2.10. The van der Waals surface area contributed by atoms with Gasteiger partial charge in [0.25, 0.3) is 0 Å². The first-order valence-corrected chi connectivity index (χ1v) is 6.12. The summed E-state index contributed by atoms with van der Waals surface area (Å²) in [5.41, 5.74) is 0.786. The van der Waals surface area contributed by atoms with Crippen LogP contribution in [-0.2, 0) is 0 Å². The largest absolute Gasteiger partial charge is 0.372 e. The van der Waals surface area contributed by atoms with E-state index in [-0.39, 0.29) is 0 Å². The van der Waals surface area contributed by atoms with Gasteiger partial charge in [-0.3, -0.25) is 0 Å². The smallest absolute Gasteiger partial charge is 0.243 e. The highest BCUT2D eigenvalue weighted by atomic mass is 79.9. The molecule has 7 nitrogen and oxygen atoms in total. The second-order valence-corrected chi connectivity index (χ2v) is 4.31. The van der Waals surface area contributed by atoms with E-state index in [9.17, 15) is 4.79 Å². The summed E-state index contributed by atoms with van der Waals surface area (Å²) < 4.78 is 2.60. The van der Waals surface area contributed by atoms with Gasteiger partial charge >= 0.3 is 6.03 Å². The lowest BCUT2D eigenvalue weighted by molar-refractivity contribution is 0.238. The third kappa shape index (κ3) is 2.17. The Morgan fingerprint density at radius 1 is 1.21 bits per heavy atom. The predicted octanol–water partition coefficient (Wildman–Crippen LogP) is 1.82. The van der Waals surface area contributed by atoms with Crippen LogP contribution in [0.15, 0.2) is 47.7 Å². The van der Waals surface area contributed by atoms with E-state index in [0.717, 1.165) is 10.2 Å². The van der Waals surface area contributed by atoms with E-state index in [1.165, 1.54) is 17.3 Å². The van der Waals surface area contributed by atoms with Crippen molar-refractivity contribution in [2.45, 2.75) is 0 Å². The molecule has 0 spiro atoms. The summed E-state index contributed by atoms with van der Waals surface area (Å²) in [4.78, 5) is 20.1. The maximum absolute atomic E-state index is 12.2. The molecule has 94 valence electrons. The van der Waals surface area contributed by atoms with Crippen LogP contribution in [0.5, 0.6) is 0 Å². The van der Waals surface area contributed by atoms with Crippen LogP contribution in [0.25, 0.3) is 11.4 Å². The van der Waals surface area contributed by atoms with Crippen molar-refractivity contribution in [3.8, 4) is 11.4 Å². The first kappa shape index (κ1) is 11.7. The van der Waals surface area contributed by atoms with Gasteiger partial charge in [-0.1, -0.05) is 30.3 Å². The molecule has 0 atom stereocenters. The highest BCUT2D eigenvalue weighted by molar-refractivity contribution is 9.10. The number of nitrogens with zero attached hydrogens (tertiary/aromatic N) is 6. The Labute approximate surface area is 116 Å². The number of benzene rings is 1. The van der Waals surface area contributed by atoms with Crippen molar-refractivity contribution in [2.75, 3.05) is 0 Å². The topological polar surface area (TPSA) is 78.5 Å². The van der Waals surface area contributed by atoms with Crippen molar-refractivity contribution in [1.82, 2.24) is 29.5 Å². The first-order chi connectivity index (χ1) is 9.25. The molecule has 19 heavy (non-hydrogen) atoms. The highest BCUT2D eigenvalue weighted by Gasteiger charge is 2.18. The Morgan fingerprint density at radius 3 is 2.68 bits per heavy atom. The molecule has 0 saturated heterocycles. The molecule has 8 heteroatoms. The number of hydrogen-bond acceptors (Lipinski definition) is 5. The van der Waals surface area contributed by atoms with Crippen molar-refractivity contribution in [3.63, 3.8) is 0 Å². The molecule has 0 bridgehead atoms. The van der Waals surface area contributed by atoms with Gasteiger partial charge in [-0.25, -0.2) is 14.8 Å². The van der Waals surface area contributed by atoms with Gasteiger partial charge in [-0.05, 0) is 15.9 Å². The zero-order valence-electron chi connectivity index (χ0n) is 9.51. The number of hydrogen-bond donors (Lipinski definition) is 0. The van der Waals surface area contributed by atoms with Gasteiger partial charge in [0.2, 0.25) is 4.73 Å². The number of halogens is 1. The van der Waals surface area contributed by atoms with E-state index in [1.54, 1.807) is 0 Å². The Bertz CT molecular complexity index is 706. The summed E-state index contributed by atoms with van der Waals surface area (Å²) >= 11 is 3.17. The quantitative estimate of drug-likeness (QED) is 0.683. The normalized spacial score (nSPS) is 10.6. The van der Waals surface area contributed by atoms with Crippen molar-refractivity contribution < 1.29 is 4.79 Å². The van der Waals surface area contributed by atoms with E-state index in [2.05, 4.69) is 36.1 Å². The molecule has 0 saturated carbocycles. The van der Waals surface area contributed by atoms with Crippen LogP contribution in [0.1, 0.15) is 0 Å². The zero-order valence-corrected chi connectivity index (χ0v) is 11.1. The molecule has 0 aliphatic carbocycles. The first-order valence-electron chi connectivity index (χ1n) is 5.33. The van der Waals surface area contributed by atoms with Crippen LogP contribution in [0, 0.1) is 0 Å². The summed E-state index contributed by atoms with van der Waals surface area (Å²) in [5, 5.41) is 7.82. The van der Waals surface area contributed by atoms with Crippen molar-refractivity contribution >= 4 is 22.0 Å². The lowest BCUT2D eigenvalue weighted by atomic mass is 10.2. The van der Waals surface area contributed by atoms with E-state index < -0.39 is 6.03 Å². The minimum atomic E-state index is -0.449. The molecule has 0 radical (unpaired) electrons. The van der Waals surface area contributed by atoms with Crippen molar-refractivity contribution in [2.24, 2.45) is 0 Å². The molecular weight excluding hydrogens is 312 g/mol. The van der Waals surface area contributed by atoms with Crippen LogP contribution >= 0.6 is 15.9 Å². The highest BCUT2D eigenvalue weighted by Crippen LogP contribution is 2.19. The predicted molar refractivity (Wildman–Crippen MR) is 69.4 cm³/mol. The maximum Gasteiger partial charge on any atom is 0.372 e. The molecule has 0 fully saturated rings. The van der Waals surface area contributed by atoms with E-state index >= 15 is 0 Å². The lowest BCUT2D eigenvalue weighted by Gasteiger charge is -2.03. The lowest BCUT2D eigenvalue weighted by Crippen LogP contribution is -2.22. The number of aromatic nitrogens is 6. The standard InChI is InChI=1S/C11H7BrN6O/c12-10-15-9(8-4-2-1-3-5-8)18(16-10)11(19)17-7-13-6-14-17/h1-7H. The molecule has 2 heterocycles. The van der Waals surface area contributed by atoms with E-state index in [1.807, 2.05) is 30.3 Å². The second-order valence-electron chi connectivity index (χ2n) is 3.60. The Kier molecular flexibility index (Phi) is 2.92. The Morgan fingerprint density at radius 2 is 2.00 bits per heavy atom. The minimum Gasteiger partial charge on any atom is -0.243 e. The van der Waals surface area contributed by atoms with Gasteiger partial charge in [-0.2, -0.15) is 14.5 Å². The molecule has 0 N–H and O–H groups in total. The van der Waals surface area contributed by atoms with Gasteiger partial charge in [0.1, 0.15) is 12.7 Å². The van der Waals surface area contributed by atoms with Gasteiger partial charge in [-0.15, -0.1) is 5.10 Å². The Hall–Kier alpha value is -2.35. The SMILES string of the molecule is O=C(n1cncn1)n1nc(Br)nc1-c1ccccc1. The molecule has 3 aromatic rings. The minimum absolute atomic E-state index is 0.333. The fourth-order valence-electron chi connectivity index (χ4n) is 1.60. The molecule has 3 rings (SSSR count). The van der Waals surface area contributed by atoms with Gasteiger partial charge < -0.3 is 0 Å². The van der Waals surface area contributed by atoms with E-state index in [4.69, 9.17) is 0 Å². The summed E-state index contributed by atoms with van der Waals surface area (Å²) in [6.07, 6.45) is 2.60. The van der Waals surface area contributed by atoms with E-state index in [0.29, 0.717) is 10.6 Å². The number of carbonyl (C=O) groups is 1. The summed E-state index contributed by atoms with van der Waals surface area (Å²) in [6, 6.07) is 8.86. The molecule has 1 aromatic carbocycles. The average molecular weight is 319 g/mol. The van der Waals surface area contributed by atoms with Gasteiger partial charge in [0.15, 0.2) is 5.82 Å². The molecule has 0 unspecified atom stereocenters. The third-order valence-electron chi connectivity index (χ3n) is 2.41.